The number of anilines is 1. The van der Waals surface area contributed by atoms with Crippen LogP contribution in [0.5, 0.6) is 0 Å². The number of nitrogens with one attached hydrogen (secondary N) is 1. The van der Waals surface area contributed by atoms with E-state index in [2.05, 4.69) is 39.1 Å². The number of nitrogens with zero attached hydrogens (tertiary/aromatic N) is 4. The van der Waals surface area contributed by atoms with E-state index in [0.29, 0.717) is 18.3 Å². The van der Waals surface area contributed by atoms with Gasteiger partial charge >= 0.3 is 0 Å². The van der Waals surface area contributed by atoms with Crippen molar-refractivity contribution < 1.29 is 4.79 Å². The van der Waals surface area contributed by atoms with Crippen molar-refractivity contribution in [1.29, 1.82) is 0 Å². The largest absolute Gasteiger partial charge is 0.378 e. The molecule has 25 heavy (non-hydrogen) atoms. The van der Waals surface area contributed by atoms with Gasteiger partial charge in [0.2, 0.25) is 5.91 Å². The lowest BCUT2D eigenvalue weighted by Gasteiger charge is -2.14. The number of allylic oxidation sites excluding steroid dienone is 1. The lowest BCUT2D eigenvalue weighted by Crippen LogP contribution is -2.27. The second-order valence-corrected chi connectivity index (χ2v) is 7.22. The highest BCUT2D eigenvalue weighted by Gasteiger charge is 2.23. The molecule has 1 amide bonds. The fraction of sp³-hybridized carbons (Fsp3) is 0.389. The Bertz CT molecular complexity index is 767. The summed E-state index contributed by atoms with van der Waals surface area (Å²) in [5.74, 6) is 1.19. The molecule has 1 aromatic carbocycles. The minimum Gasteiger partial charge on any atom is -0.378 e. The van der Waals surface area contributed by atoms with Crippen LogP contribution >= 0.6 is 11.8 Å². The fourth-order valence-corrected chi connectivity index (χ4v) is 3.21. The van der Waals surface area contributed by atoms with E-state index < -0.39 is 0 Å². The number of carbonyl (C=O) groups is 1. The van der Waals surface area contributed by atoms with Gasteiger partial charge in [-0.1, -0.05) is 30.0 Å². The Labute approximate surface area is 152 Å². The summed E-state index contributed by atoms with van der Waals surface area (Å²) < 4.78 is 2.00. The van der Waals surface area contributed by atoms with E-state index in [-0.39, 0.29) is 5.91 Å². The lowest BCUT2D eigenvalue weighted by molar-refractivity contribution is -0.118. The maximum atomic E-state index is 11.9. The highest BCUT2D eigenvalue weighted by molar-refractivity contribution is 7.99. The minimum absolute atomic E-state index is 0.0526. The van der Waals surface area contributed by atoms with E-state index in [9.17, 15) is 4.79 Å². The van der Waals surface area contributed by atoms with Gasteiger partial charge in [-0.2, -0.15) is 0 Å². The van der Waals surface area contributed by atoms with E-state index >= 15 is 0 Å². The molecule has 0 bridgehead atoms. The molecule has 6 nitrogen and oxygen atoms in total. The van der Waals surface area contributed by atoms with Crippen LogP contribution in [0, 0.1) is 0 Å². The molecule has 1 heterocycles. The molecule has 1 aliphatic rings. The summed E-state index contributed by atoms with van der Waals surface area (Å²) in [4.78, 5) is 14.0. The van der Waals surface area contributed by atoms with E-state index in [4.69, 9.17) is 0 Å². The van der Waals surface area contributed by atoms with Crippen molar-refractivity contribution in [2.24, 2.45) is 0 Å². The molecule has 0 saturated heterocycles. The molecule has 0 radical (unpaired) electrons. The number of rotatable bonds is 8. The molecule has 132 valence electrons. The molecular formula is C18H23N5OS. The number of hydrogen-bond acceptors (Lipinski definition) is 5. The summed E-state index contributed by atoms with van der Waals surface area (Å²) in [5.41, 5.74) is 2.10. The second kappa shape index (κ2) is 7.74. The van der Waals surface area contributed by atoms with Crippen molar-refractivity contribution in [3.05, 3.63) is 36.9 Å². The predicted octanol–water partition coefficient (Wildman–Crippen LogP) is 2.57. The molecule has 1 saturated carbocycles. The molecule has 3 rings (SSSR count). The molecule has 0 atom stereocenters. The van der Waals surface area contributed by atoms with E-state index in [1.54, 1.807) is 0 Å². The van der Waals surface area contributed by atoms with Crippen LogP contribution < -0.4 is 10.2 Å². The summed E-state index contributed by atoms with van der Waals surface area (Å²) in [5, 5.41) is 12.4. The van der Waals surface area contributed by atoms with Gasteiger partial charge in [0.15, 0.2) is 11.0 Å². The topological polar surface area (TPSA) is 63.1 Å². The van der Waals surface area contributed by atoms with Gasteiger partial charge in [-0.15, -0.1) is 16.8 Å². The fourth-order valence-electron chi connectivity index (χ4n) is 2.45. The number of carbonyl (C=O) groups excluding carboxylic acids is 1. The maximum Gasteiger partial charge on any atom is 0.230 e. The summed E-state index contributed by atoms with van der Waals surface area (Å²) in [7, 11) is 4.01. The quantitative estimate of drug-likeness (QED) is 0.581. The Morgan fingerprint density at radius 3 is 2.92 bits per heavy atom. The van der Waals surface area contributed by atoms with Crippen LogP contribution in [0.1, 0.15) is 12.8 Å². The van der Waals surface area contributed by atoms with Gasteiger partial charge in [0.05, 0.1) is 5.75 Å². The van der Waals surface area contributed by atoms with Gasteiger partial charge in [-0.25, -0.2) is 0 Å². The highest BCUT2D eigenvalue weighted by atomic mass is 32.2. The van der Waals surface area contributed by atoms with Gasteiger partial charge in [-0.3, -0.25) is 9.36 Å². The number of hydrogen-bond donors (Lipinski definition) is 1. The second-order valence-electron chi connectivity index (χ2n) is 6.28. The Morgan fingerprint density at radius 1 is 1.44 bits per heavy atom. The molecule has 0 aliphatic heterocycles. The Morgan fingerprint density at radius 2 is 2.24 bits per heavy atom. The zero-order valence-corrected chi connectivity index (χ0v) is 15.4. The third-order valence-corrected chi connectivity index (χ3v) is 4.89. The third kappa shape index (κ3) is 4.42. The van der Waals surface area contributed by atoms with Crippen LogP contribution in [0.25, 0.3) is 11.4 Å². The molecule has 1 N–H and O–H groups in total. The normalized spacial score (nSPS) is 13.5. The first kappa shape index (κ1) is 17.5. The monoisotopic (exact) mass is 357 g/mol. The highest BCUT2D eigenvalue weighted by Crippen LogP contribution is 2.27. The smallest absolute Gasteiger partial charge is 0.230 e. The third-order valence-electron chi connectivity index (χ3n) is 3.92. The molecule has 1 aliphatic carbocycles. The van der Waals surface area contributed by atoms with Crippen molar-refractivity contribution in [2.45, 2.75) is 30.6 Å². The maximum absolute atomic E-state index is 11.9. The number of thioether (sulfide) groups is 1. The first-order valence-corrected chi connectivity index (χ1v) is 9.31. The average Bonchev–Trinajstić information content (AvgIpc) is 3.32. The molecule has 0 spiro atoms. The van der Waals surface area contributed by atoms with Gasteiger partial charge in [0, 0.05) is 37.9 Å². The summed E-state index contributed by atoms with van der Waals surface area (Å²) in [6, 6.07) is 8.54. The predicted molar refractivity (Wildman–Crippen MR) is 102 cm³/mol. The zero-order chi connectivity index (χ0) is 17.8. The Hall–Kier alpha value is -2.28. The van der Waals surface area contributed by atoms with Gasteiger partial charge in [-0.05, 0) is 25.0 Å². The zero-order valence-electron chi connectivity index (χ0n) is 14.6. The average molecular weight is 357 g/mol. The number of amides is 1. The minimum atomic E-state index is 0.0526. The first-order valence-electron chi connectivity index (χ1n) is 8.32. The molecule has 0 unspecified atom stereocenters. The molecule has 2 aromatic rings. The van der Waals surface area contributed by atoms with Crippen LogP contribution in [0.4, 0.5) is 5.69 Å². The van der Waals surface area contributed by atoms with Crippen LogP contribution in [0.15, 0.2) is 42.1 Å². The molecule has 1 fully saturated rings. The van der Waals surface area contributed by atoms with Crippen LogP contribution in [-0.4, -0.2) is 46.6 Å². The number of benzene rings is 1. The van der Waals surface area contributed by atoms with E-state index in [1.165, 1.54) is 11.8 Å². The van der Waals surface area contributed by atoms with Crippen LogP contribution in [0.2, 0.25) is 0 Å². The standard InChI is InChI=1S/C18H23N5OS/c1-4-10-23-17(13-6-5-7-15(11-13)22(2)3)20-21-18(23)25-12-16(24)19-14-8-9-14/h4-7,11,14H,1,8-10,12H2,2-3H3,(H,19,24). The summed E-state index contributed by atoms with van der Waals surface area (Å²) >= 11 is 1.41. The van der Waals surface area contributed by atoms with Crippen molar-refractivity contribution in [1.82, 2.24) is 20.1 Å². The first-order chi connectivity index (χ1) is 12.1. The van der Waals surface area contributed by atoms with Crippen molar-refractivity contribution in [3.8, 4) is 11.4 Å². The van der Waals surface area contributed by atoms with Crippen molar-refractivity contribution in [3.63, 3.8) is 0 Å². The SMILES string of the molecule is C=CCn1c(SCC(=O)NC2CC2)nnc1-c1cccc(N(C)C)c1. The van der Waals surface area contributed by atoms with Crippen LogP contribution in [0.3, 0.4) is 0 Å². The molecular weight excluding hydrogens is 334 g/mol. The van der Waals surface area contributed by atoms with Gasteiger partial charge in [0.25, 0.3) is 0 Å². The van der Waals surface area contributed by atoms with Gasteiger partial charge < -0.3 is 10.2 Å². The molecule has 1 aromatic heterocycles. The summed E-state index contributed by atoms with van der Waals surface area (Å²) in [6.45, 7) is 4.43. The van der Waals surface area contributed by atoms with Crippen molar-refractivity contribution >= 4 is 23.4 Å². The Kier molecular flexibility index (Phi) is 5.43. The lowest BCUT2D eigenvalue weighted by atomic mass is 10.2. The molecule has 7 heteroatoms. The van der Waals surface area contributed by atoms with E-state index in [0.717, 1.165) is 35.1 Å². The summed E-state index contributed by atoms with van der Waals surface area (Å²) in [6.07, 6.45) is 4.00. The van der Waals surface area contributed by atoms with Crippen molar-refractivity contribution in [2.75, 3.05) is 24.7 Å². The van der Waals surface area contributed by atoms with Gasteiger partial charge in [0.1, 0.15) is 0 Å². The Balaban J connectivity index is 1.79. The van der Waals surface area contributed by atoms with Crippen LogP contribution in [-0.2, 0) is 11.3 Å². The number of aromatic nitrogens is 3. The van der Waals surface area contributed by atoms with E-state index in [1.807, 2.05) is 36.9 Å².